The number of fused-ring (bicyclic) bond motifs is 1. The lowest BCUT2D eigenvalue weighted by atomic mass is 9.96. The van der Waals surface area contributed by atoms with Crippen LogP contribution >= 0.6 is 0 Å². The second kappa shape index (κ2) is 68.4. The van der Waals surface area contributed by atoms with Gasteiger partial charge in [-0.3, -0.25) is 106 Å². The van der Waals surface area contributed by atoms with E-state index < -0.39 is 283 Å². The molecule has 2 rings (SSSR count). The van der Waals surface area contributed by atoms with E-state index in [0.717, 1.165) is 0 Å². The molecule has 2 aromatic rings. The number of aliphatic hydroxyl groups is 1. The average molecular weight is 2110 g/mol. The summed E-state index contributed by atoms with van der Waals surface area (Å²) >= 11 is 0. The number of guanidine groups is 1. The number of nitrogens with one attached hydrogen (secondary N) is 20. The van der Waals surface area contributed by atoms with E-state index in [1.807, 2.05) is 27.7 Å². The molecule has 0 aliphatic carbocycles. The van der Waals surface area contributed by atoms with Gasteiger partial charge in [0.15, 0.2) is 5.96 Å². The minimum atomic E-state index is -1.85. The first kappa shape index (κ1) is 132. The van der Waals surface area contributed by atoms with Crippen molar-refractivity contribution in [2.45, 2.75) is 375 Å². The van der Waals surface area contributed by atoms with Gasteiger partial charge in [-0.15, -0.1) is 0 Å². The fourth-order valence-electron chi connectivity index (χ4n) is 16.1. The average Bonchev–Trinajstić information content (AvgIpc) is 1.80. The molecule has 0 aliphatic heterocycles. The zero-order chi connectivity index (χ0) is 113. The summed E-state index contributed by atoms with van der Waals surface area (Å²) in [5.41, 5.74) is 40.4. The molecule has 0 radical (unpaired) electrons. The van der Waals surface area contributed by atoms with Crippen LogP contribution in [0.3, 0.4) is 0 Å². The van der Waals surface area contributed by atoms with E-state index in [1.54, 1.807) is 114 Å². The van der Waals surface area contributed by atoms with E-state index >= 15 is 0 Å². The van der Waals surface area contributed by atoms with Gasteiger partial charge in [0.25, 0.3) is 0 Å². The summed E-state index contributed by atoms with van der Waals surface area (Å²) < 4.78 is 0. The Balaban J connectivity index is 2.56. The van der Waals surface area contributed by atoms with Crippen molar-refractivity contribution in [1.82, 2.24) is 101 Å². The van der Waals surface area contributed by atoms with Crippen molar-refractivity contribution in [2.24, 2.45) is 87.5 Å². The molecule has 0 bridgehead atoms. The third kappa shape index (κ3) is 50.6. The Hall–Kier alpha value is -13.2. The number of benzene rings is 1. The van der Waals surface area contributed by atoms with Crippen molar-refractivity contribution >= 4 is 141 Å². The van der Waals surface area contributed by atoms with E-state index in [-0.39, 0.29) is 132 Å². The number of aromatic amines is 1. The first-order valence-electron chi connectivity index (χ1n) is 51.9. The van der Waals surface area contributed by atoms with Crippen molar-refractivity contribution < 1.29 is 106 Å². The largest absolute Gasteiger partial charge is 0.391 e. The van der Waals surface area contributed by atoms with E-state index in [9.17, 15) is 106 Å². The Morgan fingerprint density at radius 3 is 1.09 bits per heavy atom. The third-order valence-electron chi connectivity index (χ3n) is 24.8. The van der Waals surface area contributed by atoms with Crippen LogP contribution in [0, 0.1) is 52.8 Å². The number of hydrogen-bond donors (Lipinski definition) is 28. The quantitative estimate of drug-likeness (QED) is 0.0180. The van der Waals surface area contributed by atoms with Crippen LogP contribution in [0.4, 0.5) is 0 Å². The Kier molecular flexibility index (Phi) is 60.5. The van der Waals surface area contributed by atoms with Crippen LogP contribution in [0.15, 0.2) is 30.5 Å². The second-order valence-corrected chi connectivity index (χ2v) is 40.9. The number of aliphatic hydroxyl groups excluding tert-OH is 1. The number of nitrogens with two attached hydrogens (primary N) is 7. The van der Waals surface area contributed by atoms with E-state index in [2.05, 4.69) is 101 Å². The van der Waals surface area contributed by atoms with Gasteiger partial charge in [0.2, 0.25) is 124 Å². The van der Waals surface area contributed by atoms with Crippen LogP contribution in [0.25, 0.3) is 10.9 Å². The van der Waals surface area contributed by atoms with Crippen LogP contribution in [-0.2, 0) is 107 Å². The van der Waals surface area contributed by atoms with Gasteiger partial charge in [-0.05, 0) is 182 Å². The van der Waals surface area contributed by atoms with Crippen molar-refractivity contribution in [2.75, 3.05) is 26.2 Å². The number of H-pyrrole nitrogens is 1. The lowest BCUT2D eigenvalue weighted by Gasteiger charge is -2.30. The highest BCUT2D eigenvalue weighted by Crippen LogP contribution is 2.23. The smallest absolute Gasteiger partial charge is 0.245 e. The van der Waals surface area contributed by atoms with Gasteiger partial charge >= 0.3 is 0 Å². The van der Waals surface area contributed by atoms with Gasteiger partial charge in [0.05, 0.1) is 12.6 Å². The number of primary amides is 4. The van der Waals surface area contributed by atoms with Crippen LogP contribution < -0.4 is 136 Å². The molecular weight excluding hydrogens is 1930 g/mol. The van der Waals surface area contributed by atoms with Crippen LogP contribution in [0.5, 0.6) is 0 Å². The number of carbonyl (C=O) groups excluding carboxylic acids is 21. The molecule has 0 aliphatic rings. The summed E-state index contributed by atoms with van der Waals surface area (Å²) in [5.74, 6) is -22.4. The predicted molar refractivity (Wildman–Crippen MR) is 558 cm³/mol. The zero-order valence-electron chi connectivity index (χ0n) is 90.0. The van der Waals surface area contributed by atoms with Gasteiger partial charge in [0.1, 0.15) is 96.7 Å². The van der Waals surface area contributed by atoms with Gasteiger partial charge in [-0.2, -0.15) is 0 Å². The molecule has 49 heteroatoms. The molecule has 149 heavy (non-hydrogen) atoms. The molecule has 49 nitrogen and oxygen atoms in total. The normalized spacial score (nSPS) is 15.2. The summed E-state index contributed by atoms with van der Waals surface area (Å²) in [4.78, 5) is 297. The number of carbonyl (C=O) groups is 21. The molecule has 21 amide bonds. The van der Waals surface area contributed by atoms with Gasteiger partial charge in [0, 0.05) is 55.7 Å². The maximum atomic E-state index is 14.9. The fraction of sp³-hybridized carbons (Fsp3) is 0.700. The highest BCUT2D eigenvalue weighted by Gasteiger charge is 2.42. The van der Waals surface area contributed by atoms with E-state index in [4.69, 9.17) is 45.5 Å². The number of para-hydroxylation sites is 1. The number of aromatic nitrogens is 1. The first-order valence-corrected chi connectivity index (χ1v) is 51.9. The minimum absolute atomic E-state index is 0.0582. The molecule has 19 atom stereocenters. The molecule has 0 saturated carbocycles. The fourth-order valence-corrected chi connectivity index (χ4v) is 16.1. The molecular formula is C100H173N27O22. The van der Waals surface area contributed by atoms with E-state index in [0.29, 0.717) is 55.1 Å². The van der Waals surface area contributed by atoms with Gasteiger partial charge in [-0.1, -0.05) is 148 Å². The zero-order valence-corrected chi connectivity index (χ0v) is 90.0. The second-order valence-electron chi connectivity index (χ2n) is 40.9. The topological polar surface area (TPSA) is 817 Å². The molecule has 0 saturated heterocycles. The molecule has 0 fully saturated rings. The molecule has 0 unspecified atom stereocenters. The van der Waals surface area contributed by atoms with Crippen LogP contribution in [0.1, 0.15) is 271 Å². The summed E-state index contributed by atoms with van der Waals surface area (Å²) in [7, 11) is 0. The van der Waals surface area contributed by atoms with Crippen molar-refractivity contribution in [3.8, 4) is 0 Å². The van der Waals surface area contributed by atoms with Crippen LogP contribution in [-0.4, -0.2) is 269 Å². The molecule has 1 aromatic heterocycles. The Bertz CT molecular complexity index is 4760. The maximum absolute atomic E-state index is 14.9. The summed E-state index contributed by atoms with van der Waals surface area (Å²) in [6, 6.07) is -16.4. The van der Waals surface area contributed by atoms with Gasteiger partial charge < -0.3 is 146 Å². The monoisotopic (exact) mass is 2100 g/mol. The number of unbranched alkanes of at least 4 members (excludes halogenated alkanes) is 3. The standard InChI is InChI=1S/C100H173N27O22/c1-19-57(15)81(97(147)118-64(31-25-27-41-102)88(138)115-67(35-38-76(104)130)89(139)120-71(45-53(7)8)93(143)116-66(34-37-75(103)129)87(137)112-59(17)85(135)114-65(32-28-42-109-100(107)108)91(141)126-82(58(16)20-2)98(148)119-69(84(106)134)43-51(3)4)124-79(133)50-111-86(136)74(48-61-49-110-63-30-24-23-29-62(61)63)123-96(146)80(56(13)14)125-99(149)83(60(18)128)127-95(145)73(47-55(11)12)121-90(140)68(36-39-77(105)131)117-94(144)72(46-54(9)10)122-92(142)70(44-52(5)6)113-78(132)33-22-21-26-40-101/h23-24,29-30,49,51-60,64-74,80-83,110,128H,19-22,25-28,31-48,50,101-102H2,1-18H3,(H2,103,129)(H2,104,130)(H2,105,131)(H2,106,134)(H,111,136)(H,112,137)(H,113,132)(H,114,135)(H,115,138)(H,116,143)(H,117,144)(H,118,147)(H,119,148)(H,120,139)(H,121,140)(H,122,142)(H,123,146)(H,124,133)(H,125,149)(H,126,141)(H,127,145)(H4,107,108,109)/t57-,58-,59-,60+,64-,65-,66-,67-,68-,69-,70-,71-,72-,73-,74-,80-,81-,82-,83-/m0/s1. The lowest BCUT2D eigenvalue weighted by molar-refractivity contribution is -0.137. The van der Waals surface area contributed by atoms with Crippen molar-refractivity contribution in [1.29, 1.82) is 5.41 Å². The predicted octanol–water partition coefficient (Wildman–Crippen LogP) is -2.84. The molecule has 0 spiro atoms. The molecule has 1 aromatic carbocycles. The van der Waals surface area contributed by atoms with E-state index in [1.165, 1.54) is 13.8 Å². The number of amides is 21. The minimum Gasteiger partial charge on any atom is -0.391 e. The Morgan fingerprint density at radius 1 is 0.329 bits per heavy atom. The van der Waals surface area contributed by atoms with Gasteiger partial charge in [-0.25, -0.2) is 0 Å². The third-order valence-corrected chi connectivity index (χ3v) is 24.8. The summed E-state index contributed by atoms with van der Waals surface area (Å²) in [6.07, 6.45) is 0.122. The first-order chi connectivity index (χ1) is 69.9. The summed E-state index contributed by atoms with van der Waals surface area (Å²) in [5, 5.41) is 66.5. The molecule has 35 N–H and O–H groups in total. The maximum Gasteiger partial charge on any atom is 0.245 e. The van der Waals surface area contributed by atoms with Crippen molar-refractivity contribution in [3.63, 3.8) is 0 Å². The lowest BCUT2D eigenvalue weighted by Crippen LogP contribution is -2.62. The summed E-state index contributed by atoms with van der Waals surface area (Å²) in [6.45, 7) is 29.8. The number of hydrogen-bond acceptors (Lipinski definition) is 25. The van der Waals surface area contributed by atoms with Crippen LogP contribution in [0.2, 0.25) is 0 Å². The molecule has 840 valence electrons. The number of rotatable bonds is 74. The highest BCUT2D eigenvalue weighted by atomic mass is 16.3. The SMILES string of the molecule is CC[C@H](C)[C@H](NC(=O)CNC(=O)[C@H](Cc1c[nH]c2ccccc12)NC(=O)[C@@H](NC(=O)[C@@H](NC(=O)[C@H](CC(C)C)NC(=O)[C@H](CCC(N)=O)NC(=O)[C@H](CC(C)C)NC(=O)[C@H](CC(C)C)NC(=O)CCCCCN)[C@@H](C)O)C(C)C)C(=O)N[C@@H](CCCCN)C(=O)N[C@@H](CCC(N)=O)C(=O)N[C@@H](CC(C)C)C(=O)N[C@@H](CCC(N)=O)C(=O)N[C@@H](C)C(=O)N[C@@H](CCCNC(=N)N)C(=O)N[C@H](C(=O)N[C@@H](CC(C)C)C(N)=O)[C@@H](C)CC. The molecule has 1 heterocycles. The highest BCUT2D eigenvalue weighted by molar-refractivity contribution is 6.02. The van der Waals surface area contributed by atoms with Crippen molar-refractivity contribution in [3.05, 3.63) is 36.0 Å². The Morgan fingerprint density at radius 2 is 0.671 bits per heavy atom. The Labute approximate surface area is 873 Å².